The van der Waals surface area contributed by atoms with Crippen LogP contribution in [0.25, 0.3) is 0 Å². The van der Waals surface area contributed by atoms with Crippen LogP contribution in [0.3, 0.4) is 0 Å². The molecule has 0 radical (unpaired) electrons. The predicted octanol–water partition coefficient (Wildman–Crippen LogP) is 2.25. The Labute approximate surface area is 85.4 Å². The SMILES string of the molecule is CC1(C)C[N+](C)(C)c2ccc(O)cc21. The Morgan fingerprint density at radius 2 is 1.93 bits per heavy atom. The van der Waals surface area contributed by atoms with Crippen molar-refractivity contribution in [3.63, 3.8) is 0 Å². The fourth-order valence-corrected chi connectivity index (χ4v) is 2.75. The van der Waals surface area contributed by atoms with Crippen LogP contribution in [0.1, 0.15) is 19.4 Å². The second-order valence-electron chi connectivity index (χ2n) is 5.43. The van der Waals surface area contributed by atoms with E-state index in [1.54, 1.807) is 6.07 Å². The molecule has 0 aromatic heterocycles. The minimum Gasteiger partial charge on any atom is -0.508 e. The molecule has 1 N–H and O–H groups in total. The lowest BCUT2D eigenvalue weighted by Gasteiger charge is -2.26. The maximum absolute atomic E-state index is 9.49. The van der Waals surface area contributed by atoms with E-state index in [9.17, 15) is 5.11 Å². The van der Waals surface area contributed by atoms with Gasteiger partial charge in [-0.2, -0.15) is 0 Å². The lowest BCUT2D eigenvalue weighted by atomic mass is 9.87. The molecule has 1 aliphatic heterocycles. The highest BCUT2D eigenvalue weighted by molar-refractivity contribution is 5.60. The Kier molecular flexibility index (Phi) is 1.71. The van der Waals surface area contributed by atoms with Crippen molar-refractivity contribution in [1.29, 1.82) is 0 Å². The number of rotatable bonds is 0. The summed E-state index contributed by atoms with van der Waals surface area (Å²) in [5.74, 6) is 0.374. The minimum absolute atomic E-state index is 0.164. The molecule has 1 heterocycles. The third kappa shape index (κ3) is 1.22. The number of fused-ring (bicyclic) bond motifs is 1. The average molecular weight is 192 g/mol. The van der Waals surface area contributed by atoms with E-state index in [0.29, 0.717) is 5.75 Å². The predicted molar refractivity (Wildman–Crippen MR) is 59.6 cm³/mol. The van der Waals surface area contributed by atoms with E-state index >= 15 is 0 Å². The van der Waals surface area contributed by atoms with Gasteiger partial charge in [-0.25, -0.2) is 0 Å². The molecular weight excluding hydrogens is 174 g/mol. The summed E-state index contributed by atoms with van der Waals surface area (Å²) in [7, 11) is 4.43. The van der Waals surface area contributed by atoms with E-state index in [4.69, 9.17) is 0 Å². The van der Waals surface area contributed by atoms with Crippen LogP contribution in [0.4, 0.5) is 5.69 Å². The number of phenols is 1. The number of hydrogen-bond donors (Lipinski definition) is 1. The van der Waals surface area contributed by atoms with Gasteiger partial charge in [-0.05, 0) is 12.1 Å². The summed E-state index contributed by atoms with van der Waals surface area (Å²) in [6.45, 7) is 5.56. The highest BCUT2D eigenvalue weighted by Gasteiger charge is 2.43. The molecule has 76 valence electrons. The van der Waals surface area contributed by atoms with Crippen molar-refractivity contribution >= 4 is 5.69 Å². The summed E-state index contributed by atoms with van der Waals surface area (Å²) in [6, 6.07) is 5.72. The van der Waals surface area contributed by atoms with E-state index in [1.807, 2.05) is 12.1 Å². The molecule has 0 saturated carbocycles. The molecule has 0 spiro atoms. The zero-order valence-corrected chi connectivity index (χ0v) is 9.33. The van der Waals surface area contributed by atoms with Crippen molar-refractivity contribution in [3.8, 4) is 5.75 Å². The van der Waals surface area contributed by atoms with E-state index in [1.165, 1.54) is 11.3 Å². The number of benzene rings is 1. The smallest absolute Gasteiger partial charge is 0.136 e. The molecule has 0 fully saturated rings. The van der Waals surface area contributed by atoms with E-state index in [2.05, 4.69) is 27.9 Å². The van der Waals surface area contributed by atoms with Crippen molar-refractivity contribution in [3.05, 3.63) is 23.8 Å². The zero-order valence-electron chi connectivity index (χ0n) is 9.33. The van der Waals surface area contributed by atoms with E-state index < -0.39 is 0 Å². The Bertz CT molecular complexity index is 380. The number of nitrogens with zero attached hydrogens (tertiary/aromatic N) is 1. The van der Waals surface area contributed by atoms with Crippen molar-refractivity contribution in [1.82, 2.24) is 4.48 Å². The summed E-state index contributed by atoms with van der Waals surface area (Å²) >= 11 is 0. The fraction of sp³-hybridized carbons (Fsp3) is 0.500. The first-order valence-corrected chi connectivity index (χ1v) is 5.00. The summed E-state index contributed by atoms with van der Waals surface area (Å²) in [5, 5.41) is 9.49. The van der Waals surface area contributed by atoms with Gasteiger partial charge >= 0.3 is 0 Å². The molecule has 0 aliphatic carbocycles. The highest BCUT2D eigenvalue weighted by Crippen LogP contribution is 2.44. The monoisotopic (exact) mass is 192 g/mol. The van der Waals surface area contributed by atoms with Gasteiger partial charge in [0, 0.05) is 17.0 Å². The zero-order chi connectivity index (χ0) is 10.6. The summed E-state index contributed by atoms with van der Waals surface area (Å²) in [6.07, 6.45) is 0. The standard InChI is InChI=1S/C12H17NO/c1-12(2)8-13(3,4)11-6-5-9(14)7-10(11)12/h5-7H,8H2,1-4H3/p+1. The number of likely N-dealkylation sites (N-methyl/N-ethyl adjacent to an activating group) is 1. The summed E-state index contributed by atoms with van der Waals surface area (Å²) < 4.78 is 0.905. The lowest BCUT2D eigenvalue weighted by molar-refractivity contribution is 0.358. The van der Waals surface area contributed by atoms with E-state index in [-0.39, 0.29) is 5.41 Å². The lowest BCUT2D eigenvalue weighted by Crippen LogP contribution is -2.42. The molecule has 0 amide bonds. The van der Waals surface area contributed by atoms with Gasteiger partial charge in [-0.3, -0.25) is 4.48 Å². The van der Waals surface area contributed by atoms with Gasteiger partial charge in [0.2, 0.25) is 0 Å². The fourth-order valence-electron chi connectivity index (χ4n) is 2.75. The first-order chi connectivity index (χ1) is 6.33. The third-order valence-corrected chi connectivity index (χ3v) is 3.15. The van der Waals surface area contributed by atoms with Crippen LogP contribution < -0.4 is 4.48 Å². The normalized spacial score (nSPS) is 22.0. The first-order valence-electron chi connectivity index (χ1n) is 5.00. The van der Waals surface area contributed by atoms with Crippen LogP contribution in [-0.2, 0) is 5.41 Å². The molecule has 1 aliphatic rings. The minimum atomic E-state index is 0.164. The molecule has 2 nitrogen and oxygen atoms in total. The molecule has 2 rings (SSSR count). The molecule has 0 bridgehead atoms. The molecule has 14 heavy (non-hydrogen) atoms. The van der Waals surface area contributed by atoms with Gasteiger partial charge in [0.05, 0.1) is 20.6 Å². The molecule has 2 heteroatoms. The van der Waals surface area contributed by atoms with Crippen LogP contribution in [-0.4, -0.2) is 25.7 Å². The van der Waals surface area contributed by atoms with Gasteiger partial charge in [0.15, 0.2) is 0 Å². The largest absolute Gasteiger partial charge is 0.508 e. The third-order valence-electron chi connectivity index (χ3n) is 3.15. The average Bonchev–Trinajstić information content (AvgIpc) is 2.17. The topological polar surface area (TPSA) is 20.2 Å². The Morgan fingerprint density at radius 1 is 1.29 bits per heavy atom. The van der Waals surface area contributed by atoms with Crippen LogP contribution in [0.15, 0.2) is 18.2 Å². The van der Waals surface area contributed by atoms with E-state index in [0.717, 1.165) is 11.0 Å². The molecule has 0 unspecified atom stereocenters. The molecule has 1 aromatic carbocycles. The summed E-state index contributed by atoms with van der Waals surface area (Å²) in [5.41, 5.74) is 2.77. The maximum atomic E-state index is 9.49. The molecule has 0 atom stereocenters. The number of phenolic OH excluding ortho intramolecular Hbond substituents is 1. The van der Waals surface area contributed by atoms with Crippen molar-refractivity contribution in [2.45, 2.75) is 19.3 Å². The van der Waals surface area contributed by atoms with Gasteiger partial charge in [-0.15, -0.1) is 0 Å². The second-order valence-corrected chi connectivity index (χ2v) is 5.43. The van der Waals surface area contributed by atoms with Crippen LogP contribution >= 0.6 is 0 Å². The van der Waals surface area contributed by atoms with Crippen molar-refractivity contribution in [2.75, 3.05) is 20.6 Å². The van der Waals surface area contributed by atoms with Gasteiger partial charge in [0.25, 0.3) is 0 Å². The van der Waals surface area contributed by atoms with Crippen LogP contribution in [0.5, 0.6) is 5.75 Å². The Hall–Kier alpha value is -1.02. The van der Waals surface area contributed by atoms with Crippen molar-refractivity contribution in [2.24, 2.45) is 0 Å². The summed E-state index contributed by atoms with van der Waals surface area (Å²) in [4.78, 5) is 0. The molecular formula is C12H18NO+. The van der Waals surface area contributed by atoms with Crippen LogP contribution in [0, 0.1) is 0 Å². The maximum Gasteiger partial charge on any atom is 0.136 e. The number of aromatic hydroxyl groups is 1. The number of hydrogen-bond acceptors (Lipinski definition) is 1. The van der Waals surface area contributed by atoms with Crippen molar-refractivity contribution < 1.29 is 5.11 Å². The highest BCUT2D eigenvalue weighted by atomic mass is 16.3. The molecule has 0 saturated heterocycles. The van der Waals surface area contributed by atoms with Gasteiger partial charge in [0.1, 0.15) is 11.4 Å². The Balaban J connectivity index is 2.66. The van der Waals surface area contributed by atoms with Gasteiger partial charge < -0.3 is 5.11 Å². The van der Waals surface area contributed by atoms with Gasteiger partial charge in [-0.1, -0.05) is 13.8 Å². The van der Waals surface area contributed by atoms with Crippen LogP contribution in [0.2, 0.25) is 0 Å². The second kappa shape index (κ2) is 2.51. The Morgan fingerprint density at radius 3 is 2.57 bits per heavy atom. The number of quaternary nitrogens is 1. The molecule has 1 aromatic rings. The quantitative estimate of drug-likeness (QED) is 0.625. The first kappa shape index (κ1) is 9.53.